The van der Waals surface area contributed by atoms with Gasteiger partial charge in [0.25, 0.3) is 0 Å². The van der Waals surface area contributed by atoms with Crippen molar-refractivity contribution in [2.24, 2.45) is 0 Å². The van der Waals surface area contributed by atoms with Crippen molar-refractivity contribution < 1.29 is 4.92 Å². The van der Waals surface area contributed by atoms with Crippen LogP contribution in [-0.2, 0) is 0 Å². The van der Waals surface area contributed by atoms with E-state index in [1.807, 2.05) is 54.6 Å². The third-order valence-electron chi connectivity index (χ3n) is 4.51. The highest BCUT2D eigenvalue weighted by molar-refractivity contribution is 5.59. The zero-order valence-corrected chi connectivity index (χ0v) is 14.1. The number of aromatic nitrogens is 4. The lowest BCUT2D eigenvalue weighted by atomic mass is 10.3. The summed E-state index contributed by atoms with van der Waals surface area (Å²) in [5.41, 5.74) is 3.12. The SMILES string of the molecule is O=[N+]([O-])C1=c2ccc([nH]2)=Cc2ccc([nH]2)C=c2ccc([nH]2)=Cc2ccc1[nH]2. The van der Waals surface area contributed by atoms with Gasteiger partial charge >= 0.3 is 5.70 Å². The van der Waals surface area contributed by atoms with Gasteiger partial charge in [-0.15, -0.1) is 0 Å². The molecule has 0 saturated heterocycles. The summed E-state index contributed by atoms with van der Waals surface area (Å²) in [6.07, 6.45) is 5.86. The van der Waals surface area contributed by atoms with Crippen molar-refractivity contribution in [2.75, 3.05) is 0 Å². The minimum Gasteiger partial charge on any atom is -0.355 e. The molecule has 0 aromatic carbocycles. The normalized spacial score (nSPS) is 12.8. The number of rotatable bonds is 1. The maximum absolute atomic E-state index is 11.7. The van der Waals surface area contributed by atoms with Crippen LogP contribution in [0.3, 0.4) is 0 Å². The van der Waals surface area contributed by atoms with Gasteiger partial charge in [0.2, 0.25) is 0 Å². The Bertz CT molecular complexity index is 1410. The molecular formula is C20H15N5O2. The average Bonchev–Trinajstić information content (AvgIpc) is 3.39. The van der Waals surface area contributed by atoms with Gasteiger partial charge in [-0.1, -0.05) is 0 Å². The molecule has 4 aromatic rings. The Morgan fingerprint density at radius 2 is 1.19 bits per heavy atom. The fourth-order valence-electron chi connectivity index (χ4n) is 3.31. The van der Waals surface area contributed by atoms with Gasteiger partial charge in [-0.2, -0.15) is 0 Å². The van der Waals surface area contributed by atoms with Gasteiger partial charge in [0.15, 0.2) is 0 Å². The van der Waals surface area contributed by atoms with Crippen LogP contribution in [0.25, 0.3) is 23.9 Å². The van der Waals surface area contributed by atoms with Crippen LogP contribution in [-0.4, -0.2) is 24.9 Å². The van der Waals surface area contributed by atoms with Crippen LogP contribution in [0.5, 0.6) is 0 Å². The van der Waals surface area contributed by atoms with Crippen molar-refractivity contribution >= 4 is 23.9 Å². The van der Waals surface area contributed by atoms with Gasteiger partial charge in [0.05, 0.1) is 4.92 Å². The Morgan fingerprint density at radius 1 is 0.630 bits per heavy atom. The van der Waals surface area contributed by atoms with Gasteiger partial charge in [-0.3, -0.25) is 10.1 Å². The predicted molar refractivity (Wildman–Crippen MR) is 102 cm³/mol. The molecule has 8 bridgehead atoms. The molecule has 0 amide bonds. The summed E-state index contributed by atoms with van der Waals surface area (Å²) in [6, 6.07) is 15.0. The zero-order chi connectivity index (χ0) is 18.4. The van der Waals surface area contributed by atoms with E-state index in [1.165, 1.54) is 0 Å². The smallest absolute Gasteiger partial charge is 0.315 e. The molecule has 0 unspecified atom stereocenters. The van der Waals surface area contributed by atoms with Gasteiger partial charge in [-0.25, -0.2) is 0 Å². The maximum atomic E-state index is 11.7. The second-order valence-corrected chi connectivity index (χ2v) is 6.43. The minimum absolute atomic E-state index is 0.00840. The van der Waals surface area contributed by atoms with Crippen LogP contribution in [0.4, 0.5) is 0 Å². The molecule has 4 aromatic heterocycles. The summed E-state index contributed by atoms with van der Waals surface area (Å²) in [5, 5.41) is 14.8. The summed E-state index contributed by atoms with van der Waals surface area (Å²) >= 11 is 0. The first-order valence-corrected chi connectivity index (χ1v) is 8.46. The molecule has 0 fully saturated rings. The van der Waals surface area contributed by atoms with Crippen molar-refractivity contribution in [3.63, 3.8) is 0 Å². The lowest BCUT2D eigenvalue weighted by Gasteiger charge is -1.94. The molecule has 5 rings (SSSR count). The number of fused-ring (bicyclic) bond motifs is 8. The van der Waals surface area contributed by atoms with E-state index in [1.54, 1.807) is 12.1 Å². The molecule has 0 spiro atoms. The second-order valence-electron chi connectivity index (χ2n) is 6.43. The fourth-order valence-corrected chi connectivity index (χ4v) is 3.31. The first kappa shape index (κ1) is 15.3. The van der Waals surface area contributed by atoms with Gasteiger partial charge in [0.1, 0.15) is 11.0 Å². The average molecular weight is 357 g/mol. The third kappa shape index (κ3) is 2.81. The van der Waals surface area contributed by atoms with Crippen LogP contribution >= 0.6 is 0 Å². The van der Waals surface area contributed by atoms with Crippen molar-refractivity contribution in [3.8, 4) is 0 Å². The molecule has 1 aliphatic heterocycles. The van der Waals surface area contributed by atoms with Crippen molar-refractivity contribution in [3.05, 3.63) is 103 Å². The number of hydrogen-bond donors (Lipinski definition) is 4. The van der Waals surface area contributed by atoms with E-state index in [-0.39, 0.29) is 10.6 Å². The Hall–Kier alpha value is -4.00. The lowest BCUT2D eigenvalue weighted by molar-refractivity contribution is -0.377. The third-order valence-corrected chi connectivity index (χ3v) is 4.51. The number of nitrogens with one attached hydrogen (secondary N) is 4. The molecule has 5 heterocycles. The number of nitro groups is 1. The van der Waals surface area contributed by atoms with E-state index in [0.29, 0.717) is 11.0 Å². The van der Waals surface area contributed by atoms with E-state index < -0.39 is 0 Å². The standard InChI is InChI=1S/C20H15N5O2/c26-25(27)20-18-7-5-16(23-18)10-14-3-1-12(21-14)9-13-2-4-15(22-13)11-17-6-8-19(20)24-17/h1-11,21-24H. The minimum atomic E-state index is -0.372. The highest BCUT2D eigenvalue weighted by Gasteiger charge is 2.18. The second kappa shape index (κ2) is 5.77. The fraction of sp³-hybridized carbons (Fsp3) is 0. The Labute approximate surface area is 152 Å². The quantitative estimate of drug-likeness (QED) is 0.289. The van der Waals surface area contributed by atoms with Crippen LogP contribution < -0.4 is 21.4 Å². The first-order chi connectivity index (χ1) is 13.1. The highest BCUT2D eigenvalue weighted by Crippen LogP contribution is 2.12. The topological polar surface area (TPSA) is 106 Å². The molecule has 132 valence electrons. The van der Waals surface area contributed by atoms with Crippen molar-refractivity contribution in [2.45, 2.75) is 0 Å². The molecule has 0 radical (unpaired) electrons. The first-order valence-electron chi connectivity index (χ1n) is 8.46. The largest absolute Gasteiger partial charge is 0.355 e. The summed E-state index contributed by atoms with van der Waals surface area (Å²) < 4.78 is 0. The molecule has 1 aliphatic rings. The number of aromatic amines is 4. The summed E-state index contributed by atoms with van der Waals surface area (Å²) in [6.45, 7) is 0. The van der Waals surface area contributed by atoms with Crippen LogP contribution in [0.1, 0.15) is 22.8 Å². The van der Waals surface area contributed by atoms with Crippen molar-refractivity contribution in [1.29, 1.82) is 0 Å². The number of nitrogens with zero attached hydrogens (tertiary/aromatic N) is 1. The number of hydrogen-bond acceptors (Lipinski definition) is 2. The van der Waals surface area contributed by atoms with Crippen LogP contribution in [0, 0.1) is 10.1 Å². The van der Waals surface area contributed by atoms with E-state index in [9.17, 15) is 10.1 Å². The Balaban J connectivity index is 1.84. The Kier molecular flexibility index (Phi) is 3.26. The maximum Gasteiger partial charge on any atom is 0.315 e. The molecule has 0 aliphatic carbocycles. The van der Waals surface area contributed by atoms with Gasteiger partial charge < -0.3 is 19.9 Å². The van der Waals surface area contributed by atoms with E-state index in [2.05, 4.69) is 19.9 Å². The van der Waals surface area contributed by atoms with Gasteiger partial charge in [0, 0.05) is 33.1 Å². The molecule has 4 N–H and O–H groups in total. The molecular weight excluding hydrogens is 342 g/mol. The highest BCUT2D eigenvalue weighted by atomic mass is 16.6. The molecule has 7 nitrogen and oxygen atoms in total. The predicted octanol–water partition coefficient (Wildman–Crippen LogP) is 0.232. The molecule has 0 saturated carbocycles. The number of H-pyrrole nitrogens is 4. The monoisotopic (exact) mass is 357 g/mol. The summed E-state index contributed by atoms with van der Waals surface area (Å²) in [4.78, 5) is 24.2. The van der Waals surface area contributed by atoms with E-state index in [0.717, 1.165) is 33.1 Å². The van der Waals surface area contributed by atoms with Crippen LogP contribution in [0.15, 0.2) is 48.5 Å². The van der Waals surface area contributed by atoms with Gasteiger partial charge in [-0.05, 0) is 66.8 Å². The molecule has 0 atom stereocenters. The molecule has 7 heteroatoms. The summed E-state index contributed by atoms with van der Waals surface area (Å²) in [7, 11) is 0. The van der Waals surface area contributed by atoms with Crippen molar-refractivity contribution in [1.82, 2.24) is 19.9 Å². The van der Waals surface area contributed by atoms with E-state index >= 15 is 0 Å². The lowest BCUT2D eigenvalue weighted by Crippen LogP contribution is -2.18. The zero-order valence-electron chi connectivity index (χ0n) is 14.1. The molecule has 27 heavy (non-hydrogen) atoms. The van der Waals surface area contributed by atoms with Crippen LogP contribution in [0.2, 0.25) is 0 Å². The Morgan fingerprint density at radius 3 is 1.85 bits per heavy atom. The summed E-state index contributed by atoms with van der Waals surface area (Å²) in [5.74, 6) is 0. The van der Waals surface area contributed by atoms with E-state index in [4.69, 9.17) is 0 Å².